The van der Waals surface area contributed by atoms with E-state index < -0.39 is 16.1 Å². The first-order chi connectivity index (χ1) is 13.9. The number of aliphatic imine (C=N–C) groups is 1. The third-order valence-corrected chi connectivity index (χ3v) is 7.06. The third kappa shape index (κ3) is 5.70. The Bertz CT molecular complexity index is 859. The minimum absolute atomic E-state index is 0.0120. The molecule has 1 saturated heterocycles. The molecule has 160 valence electrons. The molecule has 1 aliphatic carbocycles. The highest BCUT2D eigenvalue weighted by Gasteiger charge is 2.30. The number of hydrogen-bond donors (Lipinski definition) is 3. The average molecular weight is 422 g/mol. The number of aryl methyl sites for hydroxylation is 2. The molecule has 1 fully saturated rings. The van der Waals surface area contributed by atoms with Crippen molar-refractivity contribution < 1.29 is 13.2 Å². The first-order valence-electron chi connectivity index (χ1n) is 10.3. The van der Waals surface area contributed by atoms with Gasteiger partial charge in [0.2, 0.25) is 15.9 Å². The fourth-order valence-electron chi connectivity index (χ4n) is 4.03. The highest BCUT2D eigenvalue weighted by molar-refractivity contribution is 7.89. The van der Waals surface area contributed by atoms with Crippen LogP contribution in [0.3, 0.4) is 0 Å². The molecule has 1 heterocycles. The highest BCUT2D eigenvalue weighted by Crippen LogP contribution is 2.24. The van der Waals surface area contributed by atoms with E-state index in [0.717, 1.165) is 44.1 Å². The number of fused-ring (bicyclic) bond motifs is 1. The average Bonchev–Trinajstić information content (AvgIpc) is 3.24. The Morgan fingerprint density at radius 2 is 1.79 bits per heavy atom. The number of amides is 1. The summed E-state index contributed by atoms with van der Waals surface area (Å²) in [6.45, 7) is 1.69. The lowest BCUT2D eigenvalue weighted by Crippen LogP contribution is -2.47. The quantitative estimate of drug-likeness (QED) is 0.326. The largest absolute Gasteiger partial charge is 0.370 e. The number of hydrogen-bond acceptors (Lipinski definition) is 4. The van der Waals surface area contributed by atoms with Crippen LogP contribution in [0.1, 0.15) is 49.7 Å². The molecule has 8 nitrogen and oxygen atoms in total. The fraction of sp³-hybridized carbons (Fsp3) is 0.600. The molecule has 0 radical (unpaired) electrons. The molecule has 0 aromatic heterocycles. The molecule has 3 rings (SSSR count). The zero-order chi connectivity index (χ0) is 20.9. The predicted octanol–water partition coefficient (Wildman–Crippen LogP) is 0.888. The second-order valence-electron chi connectivity index (χ2n) is 7.79. The van der Waals surface area contributed by atoms with E-state index in [4.69, 9.17) is 11.5 Å². The Labute approximate surface area is 172 Å². The van der Waals surface area contributed by atoms with E-state index in [2.05, 4.69) is 9.71 Å². The SMILES string of the molecule is NC(N)=NCCCC(NS(=O)(=O)c1ccc2c(c1)CCCC2)C(=O)N1CCCC1. The summed E-state index contributed by atoms with van der Waals surface area (Å²) in [6.07, 6.45) is 6.85. The van der Waals surface area contributed by atoms with Gasteiger partial charge < -0.3 is 16.4 Å². The van der Waals surface area contributed by atoms with Crippen molar-refractivity contribution in [3.63, 3.8) is 0 Å². The molecule has 1 aromatic rings. The van der Waals surface area contributed by atoms with Crippen LogP contribution >= 0.6 is 0 Å². The van der Waals surface area contributed by atoms with Gasteiger partial charge in [0.15, 0.2) is 5.96 Å². The van der Waals surface area contributed by atoms with Crippen LogP contribution < -0.4 is 16.2 Å². The van der Waals surface area contributed by atoms with Gasteiger partial charge in [0, 0.05) is 19.6 Å². The zero-order valence-electron chi connectivity index (χ0n) is 16.8. The van der Waals surface area contributed by atoms with Gasteiger partial charge in [-0.2, -0.15) is 4.72 Å². The topological polar surface area (TPSA) is 131 Å². The summed E-state index contributed by atoms with van der Waals surface area (Å²) in [5.74, 6) is -0.184. The number of likely N-dealkylation sites (tertiary alicyclic amines) is 1. The first-order valence-corrected chi connectivity index (χ1v) is 11.8. The highest BCUT2D eigenvalue weighted by atomic mass is 32.2. The van der Waals surface area contributed by atoms with Crippen molar-refractivity contribution in [2.24, 2.45) is 16.5 Å². The third-order valence-electron chi connectivity index (χ3n) is 5.59. The van der Waals surface area contributed by atoms with Crippen molar-refractivity contribution in [1.82, 2.24) is 9.62 Å². The Morgan fingerprint density at radius 1 is 1.10 bits per heavy atom. The van der Waals surface area contributed by atoms with Crippen LogP contribution in [0.15, 0.2) is 28.1 Å². The number of nitrogens with one attached hydrogen (secondary N) is 1. The number of carbonyl (C=O) groups is 1. The van der Waals surface area contributed by atoms with Crippen LogP contribution in [0.25, 0.3) is 0 Å². The summed E-state index contributed by atoms with van der Waals surface area (Å²) >= 11 is 0. The summed E-state index contributed by atoms with van der Waals surface area (Å²) in [5, 5.41) is 0. The van der Waals surface area contributed by atoms with Crippen molar-refractivity contribution in [3.05, 3.63) is 29.3 Å². The van der Waals surface area contributed by atoms with Crippen molar-refractivity contribution in [1.29, 1.82) is 0 Å². The molecule has 2 aliphatic rings. The van der Waals surface area contributed by atoms with E-state index >= 15 is 0 Å². The number of rotatable bonds is 8. The lowest BCUT2D eigenvalue weighted by molar-refractivity contribution is -0.132. The summed E-state index contributed by atoms with van der Waals surface area (Å²) < 4.78 is 28.7. The van der Waals surface area contributed by atoms with Crippen LogP contribution in [0, 0.1) is 0 Å². The number of sulfonamides is 1. The monoisotopic (exact) mass is 421 g/mol. The molecule has 0 spiro atoms. The van der Waals surface area contributed by atoms with Gasteiger partial charge in [0.05, 0.1) is 4.90 Å². The Kier molecular flexibility index (Phi) is 7.13. The molecular weight excluding hydrogens is 390 g/mol. The maximum Gasteiger partial charge on any atom is 0.241 e. The van der Waals surface area contributed by atoms with E-state index in [1.807, 2.05) is 6.07 Å². The fourth-order valence-corrected chi connectivity index (χ4v) is 5.30. The van der Waals surface area contributed by atoms with Gasteiger partial charge >= 0.3 is 0 Å². The molecule has 29 heavy (non-hydrogen) atoms. The Balaban J connectivity index is 1.75. The zero-order valence-corrected chi connectivity index (χ0v) is 17.6. The Hall–Kier alpha value is -2.13. The van der Waals surface area contributed by atoms with E-state index in [1.165, 1.54) is 5.56 Å². The minimum Gasteiger partial charge on any atom is -0.370 e. The van der Waals surface area contributed by atoms with Gasteiger partial charge in [-0.3, -0.25) is 9.79 Å². The Morgan fingerprint density at radius 3 is 2.48 bits per heavy atom. The van der Waals surface area contributed by atoms with Gasteiger partial charge in [-0.15, -0.1) is 0 Å². The lowest BCUT2D eigenvalue weighted by atomic mass is 9.92. The molecule has 9 heteroatoms. The number of nitrogens with two attached hydrogens (primary N) is 2. The second-order valence-corrected chi connectivity index (χ2v) is 9.51. The maximum atomic E-state index is 13.0. The van der Waals surface area contributed by atoms with Crippen LogP contribution in [0.5, 0.6) is 0 Å². The van der Waals surface area contributed by atoms with Crippen LogP contribution in [0.2, 0.25) is 0 Å². The number of benzene rings is 1. The first kappa shape index (κ1) is 21.6. The molecule has 0 saturated carbocycles. The van der Waals surface area contributed by atoms with E-state index in [0.29, 0.717) is 32.5 Å². The van der Waals surface area contributed by atoms with Crippen molar-refractivity contribution in [2.75, 3.05) is 19.6 Å². The van der Waals surface area contributed by atoms with E-state index in [-0.39, 0.29) is 16.8 Å². The van der Waals surface area contributed by atoms with E-state index in [9.17, 15) is 13.2 Å². The normalized spacial score (nSPS) is 17.6. The summed E-state index contributed by atoms with van der Waals surface area (Å²) in [7, 11) is -3.80. The van der Waals surface area contributed by atoms with Crippen molar-refractivity contribution >= 4 is 21.9 Å². The predicted molar refractivity (Wildman–Crippen MR) is 113 cm³/mol. The van der Waals surface area contributed by atoms with Crippen LogP contribution in [-0.4, -0.2) is 50.9 Å². The minimum atomic E-state index is -3.80. The maximum absolute atomic E-state index is 13.0. The van der Waals surface area contributed by atoms with Crippen LogP contribution in [0.4, 0.5) is 0 Å². The molecule has 0 bridgehead atoms. The summed E-state index contributed by atoms with van der Waals surface area (Å²) in [4.78, 5) is 18.8. The van der Waals surface area contributed by atoms with Crippen LogP contribution in [-0.2, 0) is 27.7 Å². The summed E-state index contributed by atoms with van der Waals surface area (Å²) in [5.41, 5.74) is 13.0. The van der Waals surface area contributed by atoms with Gasteiger partial charge in [-0.25, -0.2) is 8.42 Å². The summed E-state index contributed by atoms with van der Waals surface area (Å²) in [6, 6.07) is 4.49. The van der Waals surface area contributed by atoms with Crippen molar-refractivity contribution in [2.45, 2.75) is 62.3 Å². The molecule has 1 aromatic carbocycles. The van der Waals surface area contributed by atoms with Crippen molar-refractivity contribution in [3.8, 4) is 0 Å². The van der Waals surface area contributed by atoms with Gasteiger partial charge in [-0.1, -0.05) is 6.07 Å². The molecular formula is C20H31N5O3S. The standard InChI is InChI=1S/C20H31N5O3S/c21-20(22)23-11-5-8-18(19(26)25-12-3-4-13-25)24-29(27,28)17-10-9-15-6-1-2-7-16(15)14-17/h9-10,14,18,24H,1-8,11-13H2,(H4,21,22,23). The molecule has 1 aliphatic heterocycles. The number of nitrogens with zero attached hydrogens (tertiary/aromatic N) is 2. The lowest BCUT2D eigenvalue weighted by Gasteiger charge is -2.24. The van der Waals surface area contributed by atoms with Gasteiger partial charge in [-0.05, 0) is 74.6 Å². The smallest absolute Gasteiger partial charge is 0.241 e. The molecule has 1 atom stereocenters. The number of carbonyl (C=O) groups excluding carboxylic acids is 1. The molecule has 1 amide bonds. The van der Waals surface area contributed by atoms with Gasteiger partial charge in [0.25, 0.3) is 0 Å². The number of guanidine groups is 1. The molecule has 1 unspecified atom stereocenters. The second kappa shape index (κ2) is 9.58. The van der Waals surface area contributed by atoms with Gasteiger partial charge in [0.1, 0.15) is 6.04 Å². The molecule has 5 N–H and O–H groups in total. The van der Waals surface area contributed by atoms with E-state index in [1.54, 1.807) is 17.0 Å².